The third kappa shape index (κ3) is 2.80. The van der Waals surface area contributed by atoms with Gasteiger partial charge < -0.3 is 0 Å². The van der Waals surface area contributed by atoms with E-state index in [2.05, 4.69) is 19.6 Å². The molecule has 1 aliphatic heterocycles. The maximum absolute atomic E-state index is 12.5. The molecule has 2 rings (SSSR count). The largest absolute Gasteiger partial charge is 0.243 e. The smallest absolute Gasteiger partial charge is 0.207 e. The molecule has 1 saturated heterocycles. The summed E-state index contributed by atoms with van der Waals surface area (Å²) >= 11 is 0. The fraction of sp³-hybridized carbons (Fsp3) is 0.333. The first kappa shape index (κ1) is 14.0. The Balaban J connectivity index is 2.29. The van der Waals surface area contributed by atoms with Crippen molar-refractivity contribution in [2.75, 3.05) is 13.1 Å². The minimum absolute atomic E-state index is 0.137. The molecule has 0 aliphatic carbocycles. The zero-order chi connectivity index (χ0) is 13.9. The zero-order valence-electron chi connectivity index (χ0n) is 11.1. The summed E-state index contributed by atoms with van der Waals surface area (Å²) in [7, 11) is -3.39. The molecule has 1 aromatic rings. The molecule has 0 radical (unpaired) electrons. The lowest BCUT2D eigenvalue weighted by atomic mass is 10.0. The minimum Gasteiger partial charge on any atom is -0.207 e. The Morgan fingerprint density at radius 1 is 1.37 bits per heavy atom. The van der Waals surface area contributed by atoms with Crippen LogP contribution in [0, 0.1) is 5.92 Å². The minimum atomic E-state index is -3.39. The molecule has 1 aliphatic rings. The molecule has 1 heterocycles. The highest BCUT2D eigenvalue weighted by Crippen LogP contribution is 2.29. The second-order valence-corrected chi connectivity index (χ2v) is 6.58. The van der Waals surface area contributed by atoms with Crippen LogP contribution in [0.15, 0.2) is 59.5 Å². The molecule has 102 valence electrons. The van der Waals surface area contributed by atoms with E-state index in [0.717, 1.165) is 12.0 Å². The van der Waals surface area contributed by atoms with E-state index in [1.54, 1.807) is 24.3 Å². The first-order chi connectivity index (χ1) is 9.09. The Labute approximate surface area is 115 Å². The number of hydrogen-bond donors (Lipinski definition) is 0. The van der Waals surface area contributed by atoms with Crippen molar-refractivity contribution < 1.29 is 8.42 Å². The van der Waals surface area contributed by atoms with Gasteiger partial charge >= 0.3 is 0 Å². The average Bonchev–Trinajstić information content (AvgIpc) is 2.84. The second-order valence-electron chi connectivity index (χ2n) is 4.64. The molecular weight excluding hydrogens is 258 g/mol. The van der Waals surface area contributed by atoms with E-state index in [9.17, 15) is 8.42 Å². The summed E-state index contributed by atoms with van der Waals surface area (Å²) in [5.74, 6) is 0.137. The molecule has 1 aromatic carbocycles. The summed E-state index contributed by atoms with van der Waals surface area (Å²) < 4.78 is 26.6. The van der Waals surface area contributed by atoms with Crippen molar-refractivity contribution in [1.29, 1.82) is 0 Å². The lowest BCUT2D eigenvalue weighted by molar-refractivity contribution is 0.471. The van der Waals surface area contributed by atoms with Crippen molar-refractivity contribution in [2.45, 2.75) is 18.2 Å². The lowest BCUT2D eigenvalue weighted by Crippen LogP contribution is -2.28. The van der Waals surface area contributed by atoms with E-state index < -0.39 is 10.0 Å². The molecular formula is C15H19NO2S. The van der Waals surface area contributed by atoms with E-state index >= 15 is 0 Å². The van der Waals surface area contributed by atoms with Crippen LogP contribution in [0.4, 0.5) is 0 Å². The first-order valence-electron chi connectivity index (χ1n) is 6.46. The van der Waals surface area contributed by atoms with E-state index in [1.807, 2.05) is 12.1 Å². The molecule has 0 aromatic heterocycles. The Morgan fingerprint density at radius 3 is 2.63 bits per heavy atom. The van der Waals surface area contributed by atoms with Gasteiger partial charge in [-0.05, 0) is 18.6 Å². The molecule has 3 nitrogen and oxygen atoms in total. The van der Waals surface area contributed by atoms with Crippen LogP contribution in [0.1, 0.15) is 13.3 Å². The highest BCUT2D eigenvalue weighted by molar-refractivity contribution is 7.89. The molecule has 4 heteroatoms. The van der Waals surface area contributed by atoms with Crippen LogP contribution >= 0.6 is 0 Å². The van der Waals surface area contributed by atoms with E-state index in [-0.39, 0.29) is 5.92 Å². The third-order valence-corrected chi connectivity index (χ3v) is 5.19. The number of rotatable bonds is 4. The first-order valence-corrected chi connectivity index (χ1v) is 7.90. The SMILES string of the molecule is C=CC1CN(S(=O)(=O)c2ccccc2)C/C1=C\CC. The van der Waals surface area contributed by atoms with E-state index in [1.165, 1.54) is 4.31 Å². The summed E-state index contributed by atoms with van der Waals surface area (Å²) in [5, 5.41) is 0. The number of allylic oxidation sites excluding steroid dienone is 1. The van der Waals surface area contributed by atoms with Crippen molar-refractivity contribution in [3.63, 3.8) is 0 Å². The summed E-state index contributed by atoms with van der Waals surface area (Å²) in [6.07, 6.45) is 4.85. The van der Waals surface area contributed by atoms with Crippen LogP contribution in [0.25, 0.3) is 0 Å². The van der Waals surface area contributed by atoms with Crippen molar-refractivity contribution in [2.24, 2.45) is 5.92 Å². The number of hydrogen-bond acceptors (Lipinski definition) is 2. The Morgan fingerprint density at radius 2 is 2.05 bits per heavy atom. The Kier molecular flexibility index (Phi) is 4.22. The molecule has 0 N–H and O–H groups in total. The summed E-state index contributed by atoms with van der Waals surface area (Å²) in [6.45, 7) is 6.83. The van der Waals surface area contributed by atoms with Crippen LogP contribution in [-0.4, -0.2) is 25.8 Å². The van der Waals surface area contributed by atoms with E-state index in [0.29, 0.717) is 18.0 Å². The maximum Gasteiger partial charge on any atom is 0.243 e. The van der Waals surface area contributed by atoms with Gasteiger partial charge in [0.05, 0.1) is 4.90 Å². The van der Waals surface area contributed by atoms with Crippen molar-refractivity contribution in [3.8, 4) is 0 Å². The quantitative estimate of drug-likeness (QED) is 0.794. The number of benzene rings is 1. The van der Waals surface area contributed by atoms with Gasteiger partial charge in [-0.15, -0.1) is 6.58 Å². The van der Waals surface area contributed by atoms with Gasteiger partial charge in [0.2, 0.25) is 10.0 Å². The van der Waals surface area contributed by atoms with Gasteiger partial charge in [-0.3, -0.25) is 0 Å². The van der Waals surface area contributed by atoms with Crippen LogP contribution in [0.5, 0.6) is 0 Å². The second kappa shape index (κ2) is 5.72. The van der Waals surface area contributed by atoms with Crippen molar-refractivity contribution >= 4 is 10.0 Å². The van der Waals surface area contributed by atoms with Gasteiger partial charge in [0, 0.05) is 19.0 Å². The van der Waals surface area contributed by atoms with E-state index in [4.69, 9.17) is 0 Å². The molecule has 0 bridgehead atoms. The fourth-order valence-electron chi connectivity index (χ4n) is 2.35. The summed E-state index contributed by atoms with van der Waals surface area (Å²) in [6, 6.07) is 8.59. The summed E-state index contributed by atoms with van der Waals surface area (Å²) in [4.78, 5) is 0.357. The number of sulfonamides is 1. The Hall–Kier alpha value is -1.39. The molecule has 1 unspecified atom stereocenters. The number of nitrogens with zero attached hydrogens (tertiary/aromatic N) is 1. The normalized spacial score (nSPS) is 22.8. The lowest BCUT2D eigenvalue weighted by Gasteiger charge is -2.15. The molecule has 19 heavy (non-hydrogen) atoms. The van der Waals surface area contributed by atoms with Gasteiger partial charge in [-0.2, -0.15) is 4.31 Å². The van der Waals surface area contributed by atoms with Crippen LogP contribution < -0.4 is 0 Å². The Bertz CT molecular complexity index is 575. The zero-order valence-corrected chi connectivity index (χ0v) is 11.9. The predicted octanol–water partition coefficient (Wildman–Crippen LogP) is 2.83. The predicted molar refractivity (Wildman–Crippen MR) is 77.3 cm³/mol. The van der Waals surface area contributed by atoms with Crippen molar-refractivity contribution in [3.05, 3.63) is 54.6 Å². The summed E-state index contributed by atoms with van der Waals surface area (Å²) in [5.41, 5.74) is 1.15. The van der Waals surface area contributed by atoms with Gasteiger partial charge in [-0.1, -0.05) is 42.8 Å². The van der Waals surface area contributed by atoms with Crippen LogP contribution in [0.3, 0.4) is 0 Å². The van der Waals surface area contributed by atoms with Gasteiger partial charge in [-0.25, -0.2) is 8.42 Å². The maximum atomic E-state index is 12.5. The topological polar surface area (TPSA) is 37.4 Å². The molecule has 0 amide bonds. The molecule has 0 spiro atoms. The fourth-order valence-corrected chi connectivity index (χ4v) is 3.83. The third-order valence-electron chi connectivity index (χ3n) is 3.37. The van der Waals surface area contributed by atoms with Crippen molar-refractivity contribution in [1.82, 2.24) is 4.31 Å². The van der Waals surface area contributed by atoms with Crippen LogP contribution in [-0.2, 0) is 10.0 Å². The average molecular weight is 277 g/mol. The van der Waals surface area contributed by atoms with Gasteiger partial charge in [0.1, 0.15) is 0 Å². The molecule has 1 fully saturated rings. The van der Waals surface area contributed by atoms with Gasteiger partial charge in [0.15, 0.2) is 0 Å². The van der Waals surface area contributed by atoms with Crippen LogP contribution in [0.2, 0.25) is 0 Å². The highest BCUT2D eigenvalue weighted by Gasteiger charge is 2.33. The molecule has 0 saturated carbocycles. The highest BCUT2D eigenvalue weighted by atomic mass is 32.2. The standard InChI is InChI=1S/C15H19NO2S/c1-3-8-14-12-16(11-13(14)4-2)19(17,18)15-9-6-5-7-10-15/h4-10,13H,2-3,11-12H2,1H3/b14-8+. The molecule has 1 atom stereocenters. The van der Waals surface area contributed by atoms with Gasteiger partial charge in [0.25, 0.3) is 0 Å². The monoisotopic (exact) mass is 277 g/mol.